The Morgan fingerprint density at radius 1 is 1.11 bits per heavy atom. The van der Waals surface area contributed by atoms with E-state index in [9.17, 15) is 14.4 Å². The molecule has 27 heavy (non-hydrogen) atoms. The number of carbonyl (C=O) groups is 2. The number of hydrogen-bond donors (Lipinski definition) is 3. The molecule has 1 unspecified atom stereocenters. The summed E-state index contributed by atoms with van der Waals surface area (Å²) in [6.07, 6.45) is -1.08. The van der Waals surface area contributed by atoms with Gasteiger partial charge in [0.15, 0.2) is 18.1 Å². The fourth-order valence-corrected chi connectivity index (χ4v) is 1.48. The minimum atomic E-state index is -1.27. The zero-order valence-corrected chi connectivity index (χ0v) is 14.3. The number of nitrogens with zero attached hydrogens (tertiary/aromatic N) is 1. The molecule has 154 valence electrons. The van der Waals surface area contributed by atoms with E-state index in [2.05, 4.69) is 23.1 Å². The van der Waals surface area contributed by atoms with Crippen molar-refractivity contribution in [2.75, 3.05) is 33.0 Å². The molecule has 0 aromatic carbocycles. The SMILES string of the molecule is Cc1oc(=O)oc1COC(=O)C(N)COC(=O)OCCOCCON(O)O. The molecule has 0 bridgehead atoms. The minimum Gasteiger partial charge on any atom is -0.456 e. The molecule has 0 amide bonds. The minimum absolute atomic E-state index is 0.00132. The second-order valence-electron chi connectivity index (χ2n) is 4.76. The first-order chi connectivity index (χ1) is 12.8. The Morgan fingerprint density at radius 3 is 2.44 bits per heavy atom. The van der Waals surface area contributed by atoms with Crippen LogP contribution in [0.5, 0.6) is 0 Å². The predicted molar refractivity (Wildman–Crippen MR) is 79.2 cm³/mol. The van der Waals surface area contributed by atoms with E-state index in [4.69, 9.17) is 25.6 Å². The quantitative estimate of drug-likeness (QED) is 0.223. The molecule has 0 spiro atoms. The standard InChI is InChI=1S/C13H20N2O12/c1-8-10(27-13(18)26-8)7-23-11(16)9(14)6-24-12(17)22-4-2-21-3-5-25-15(19)20/h9,19-20H,2-7,14H2,1H3. The van der Waals surface area contributed by atoms with Crippen molar-refractivity contribution in [2.24, 2.45) is 5.73 Å². The molecule has 14 nitrogen and oxygen atoms in total. The molecule has 1 rings (SSSR count). The van der Waals surface area contributed by atoms with Crippen molar-refractivity contribution < 1.29 is 52.6 Å². The number of hydrogen-bond acceptors (Lipinski definition) is 14. The molecule has 0 saturated heterocycles. The fraction of sp³-hybridized carbons (Fsp3) is 0.615. The third-order valence-electron chi connectivity index (χ3n) is 2.75. The number of rotatable bonds is 12. The fourth-order valence-electron chi connectivity index (χ4n) is 1.48. The lowest BCUT2D eigenvalue weighted by molar-refractivity contribution is -0.493. The number of esters is 1. The highest BCUT2D eigenvalue weighted by molar-refractivity contribution is 5.76. The summed E-state index contributed by atoms with van der Waals surface area (Å²) in [5.41, 5.74) is 5.50. The molecule has 1 aromatic heterocycles. The maximum Gasteiger partial charge on any atom is 0.519 e. The molecule has 1 atom stereocenters. The smallest absolute Gasteiger partial charge is 0.456 e. The first-order valence-corrected chi connectivity index (χ1v) is 7.49. The summed E-state index contributed by atoms with van der Waals surface area (Å²) in [5, 5.41) is 16.0. The van der Waals surface area contributed by atoms with E-state index in [0.717, 1.165) is 0 Å². The van der Waals surface area contributed by atoms with Gasteiger partial charge in [0.05, 0.1) is 25.2 Å². The van der Waals surface area contributed by atoms with Crippen LogP contribution in [0, 0.1) is 6.92 Å². The van der Waals surface area contributed by atoms with E-state index in [1.54, 1.807) is 0 Å². The van der Waals surface area contributed by atoms with Gasteiger partial charge < -0.3 is 33.5 Å². The van der Waals surface area contributed by atoms with Gasteiger partial charge in [0.2, 0.25) is 0 Å². The highest BCUT2D eigenvalue weighted by Gasteiger charge is 2.20. The molecule has 0 radical (unpaired) electrons. The van der Waals surface area contributed by atoms with E-state index in [0.29, 0.717) is 0 Å². The van der Waals surface area contributed by atoms with E-state index >= 15 is 0 Å². The molecular weight excluding hydrogens is 376 g/mol. The third kappa shape index (κ3) is 9.69. The Balaban J connectivity index is 2.11. The monoisotopic (exact) mass is 396 g/mol. The van der Waals surface area contributed by atoms with E-state index in [1.165, 1.54) is 6.92 Å². The van der Waals surface area contributed by atoms with Crippen molar-refractivity contribution in [1.82, 2.24) is 5.39 Å². The van der Waals surface area contributed by atoms with Gasteiger partial charge >= 0.3 is 17.9 Å². The van der Waals surface area contributed by atoms with Crippen LogP contribution < -0.4 is 11.6 Å². The molecule has 14 heteroatoms. The van der Waals surface area contributed by atoms with Gasteiger partial charge in [0.25, 0.3) is 0 Å². The lowest BCUT2D eigenvalue weighted by Gasteiger charge is -2.11. The van der Waals surface area contributed by atoms with E-state index in [-0.39, 0.29) is 44.6 Å². The molecule has 0 aliphatic heterocycles. The van der Waals surface area contributed by atoms with Crippen LogP contribution in [0.4, 0.5) is 4.79 Å². The van der Waals surface area contributed by atoms with Crippen molar-refractivity contribution >= 4 is 12.1 Å². The lowest BCUT2D eigenvalue weighted by Crippen LogP contribution is -2.37. The summed E-state index contributed by atoms with van der Waals surface area (Å²) >= 11 is 0. The predicted octanol–water partition coefficient (Wildman–Crippen LogP) is -0.906. The molecule has 0 saturated carbocycles. The highest BCUT2D eigenvalue weighted by Crippen LogP contribution is 2.06. The highest BCUT2D eigenvalue weighted by atomic mass is 17.1. The van der Waals surface area contributed by atoms with Crippen LogP contribution in [-0.4, -0.2) is 67.0 Å². The summed E-state index contributed by atoms with van der Waals surface area (Å²) < 4.78 is 28.3. The van der Waals surface area contributed by atoms with Crippen LogP contribution in [-0.2, 0) is 35.2 Å². The molecule has 0 fully saturated rings. The Kier molecular flexibility index (Phi) is 10.0. The second kappa shape index (κ2) is 12.0. The normalized spacial score (nSPS) is 12.0. The zero-order chi connectivity index (χ0) is 20.2. The Hall–Kier alpha value is -2.49. The number of aryl methyl sites for hydroxylation is 1. The summed E-state index contributed by atoms with van der Waals surface area (Å²) in [6.45, 7) is 0.332. The van der Waals surface area contributed by atoms with Crippen LogP contribution in [0.25, 0.3) is 0 Å². The second-order valence-corrected chi connectivity index (χ2v) is 4.76. The van der Waals surface area contributed by atoms with Gasteiger partial charge in [-0.25, -0.2) is 14.4 Å². The van der Waals surface area contributed by atoms with Crippen molar-refractivity contribution in [3.63, 3.8) is 0 Å². The van der Waals surface area contributed by atoms with Crippen LogP contribution >= 0.6 is 0 Å². The van der Waals surface area contributed by atoms with Gasteiger partial charge in [0, 0.05) is 0 Å². The van der Waals surface area contributed by atoms with Crippen LogP contribution in [0.3, 0.4) is 0 Å². The van der Waals surface area contributed by atoms with Crippen LogP contribution in [0.15, 0.2) is 13.6 Å². The van der Waals surface area contributed by atoms with Crippen molar-refractivity contribution in [2.45, 2.75) is 19.6 Å². The molecule has 4 N–H and O–H groups in total. The maximum atomic E-state index is 11.7. The molecule has 1 aromatic rings. The van der Waals surface area contributed by atoms with E-state index in [1.807, 2.05) is 0 Å². The van der Waals surface area contributed by atoms with Crippen LogP contribution in [0.1, 0.15) is 11.5 Å². The number of nitrogens with two attached hydrogens (primary N) is 1. The lowest BCUT2D eigenvalue weighted by atomic mass is 10.3. The molecule has 0 aliphatic rings. The van der Waals surface area contributed by atoms with Gasteiger partial charge in [-0.1, -0.05) is 0 Å². The summed E-state index contributed by atoms with van der Waals surface area (Å²) in [7, 11) is 0. The Labute approximate surface area is 151 Å². The summed E-state index contributed by atoms with van der Waals surface area (Å²) in [6, 6.07) is -1.27. The van der Waals surface area contributed by atoms with Gasteiger partial charge in [-0.15, -0.1) is 0 Å². The first kappa shape index (κ1) is 22.6. The average Bonchev–Trinajstić information content (AvgIpc) is 2.93. The topological polar surface area (TPSA) is 193 Å². The summed E-state index contributed by atoms with van der Waals surface area (Å²) in [5.74, 6) is -1.61. The largest absolute Gasteiger partial charge is 0.519 e. The first-order valence-electron chi connectivity index (χ1n) is 7.49. The molecule has 1 heterocycles. The van der Waals surface area contributed by atoms with E-state index < -0.39 is 36.0 Å². The summed E-state index contributed by atoms with van der Waals surface area (Å²) in [4.78, 5) is 38.0. The Bertz CT molecular complexity index is 639. The maximum absolute atomic E-state index is 11.7. The van der Waals surface area contributed by atoms with Gasteiger partial charge in [-0.3, -0.25) is 15.2 Å². The van der Waals surface area contributed by atoms with Gasteiger partial charge in [-0.2, -0.15) is 0 Å². The van der Waals surface area contributed by atoms with Crippen LogP contribution in [0.2, 0.25) is 0 Å². The van der Waals surface area contributed by atoms with Crippen molar-refractivity contribution in [3.05, 3.63) is 22.1 Å². The van der Waals surface area contributed by atoms with Crippen molar-refractivity contribution in [1.29, 1.82) is 0 Å². The number of carbonyl (C=O) groups excluding carboxylic acids is 2. The van der Waals surface area contributed by atoms with Gasteiger partial charge in [-0.05, 0) is 6.92 Å². The molecular formula is C13H20N2O12. The van der Waals surface area contributed by atoms with Gasteiger partial charge in [0.1, 0.15) is 19.3 Å². The van der Waals surface area contributed by atoms with Crippen molar-refractivity contribution in [3.8, 4) is 0 Å². The zero-order valence-electron chi connectivity index (χ0n) is 14.3. The Morgan fingerprint density at radius 2 is 1.81 bits per heavy atom. The third-order valence-corrected chi connectivity index (χ3v) is 2.75. The average molecular weight is 396 g/mol. The molecule has 0 aliphatic carbocycles. The number of ether oxygens (including phenoxy) is 4.